The molecular weight excluding hydrogens is 370 g/mol. The summed E-state index contributed by atoms with van der Waals surface area (Å²) in [7, 11) is 0. The molecule has 0 spiro atoms. The van der Waals surface area contributed by atoms with Crippen molar-refractivity contribution in [2.45, 2.75) is 19.4 Å². The van der Waals surface area contributed by atoms with Crippen molar-refractivity contribution in [2.75, 3.05) is 13.1 Å². The topological polar surface area (TPSA) is 92.5 Å². The summed E-state index contributed by atoms with van der Waals surface area (Å²) in [6.45, 7) is 0.613. The number of nitrogens with zero attached hydrogens (tertiary/aromatic N) is 3. The molecule has 0 radical (unpaired) electrons. The number of likely N-dealkylation sites (tertiary alicyclic amines) is 1. The summed E-state index contributed by atoms with van der Waals surface area (Å²) in [6.07, 6.45) is 0.862. The third kappa shape index (κ3) is 4.03. The van der Waals surface area contributed by atoms with E-state index >= 15 is 0 Å². The maximum atomic E-state index is 12.6. The maximum absolute atomic E-state index is 12.6. The number of rotatable bonds is 4. The monoisotopic (exact) mass is 391 g/mol. The number of aromatic nitrogens is 2. The van der Waals surface area contributed by atoms with Crippen molar-refractivity contribution < 1.29 is 14.7 Å². The number of piperidine rings is 1. The highest BCUT2D eigenvalue weighted by molar-refractivity contribution is 5.86. The largest absolute Gasteiger partial charge is 0.481 e. The van der Waals surface area contributed by atoms with Gasteiger partial charge in [0.05, 0.1) is 11.6 Å². The molecule has 1 fully saturated rings. The molecule has 1 aliphatic heterocycles. The van der Waals surface area contributed by atoms with Crippen LogP contribution in [-0.2, 0) is 16.1 Å². The van der Waals surface area contributed by atoms with E-state index in [1.807, 2.05) is 42.5 Å². The first-order valence-electron chi connectivity index (χ1n) is 9.59. The lowest BCUT2D eigenvalue weighted by molar-refractivity contribution is -0.145. The van der Waals surface area contributed by atoms with Gasteiger partial charge in [-0.3, -0.25) is 14.4 Å². The quantitative estimate of drug-likeness (QED) is 0.737. The van der Waals surface area contributed by atoms with Crippen molar-refractivity contribution in [1.29, 1.82) is 0 Å². The highest BCUT2D eigenvalue weighted by Gasteiger charge is 2.27. The van der Waals surface area contributed by atoms with Gasteiger partial charge in [0.2, 0.25) is 5.91 Å². The van der Waals surface area contributed by atoms with Crippen LogP contribution in [0.2, 0.25) is 0 Å². The molecule has 1 amide bonds. The van der Waals surface area contributed by atoms with E-state index in [1.54, 1.807) is 11.0 Å². The molecule has 0 saturated carbocycles. The average molecular weight is 391 g/mol. The van der Waals surface area contributed by atoms with E-state index in [1.165, 1.54) is 10.7 Å². The van der Waals surface area contributed by atoms with Crippen LogP contribution in [0.5, 0.6) is 0 Å². The Bertz CT molecular complexity index is 1130. The Labute approximate surface area is 167 Å². The molecule has 0 unspecified atom stereocenters. The number of hydrogen-bond acceptors (Lipinski definition) is 4. The van der Waals surface area contributed by atoms with Crippen molar-refractivity contribution in [1.82, 2.24) is 14.7 Å². The Morgan fingerprint density at radius 2 is 1.72 bits per heavy atom. The Morgan fingerprint density at radius 1 is 1.00 bits per heavy atom. The van der Waals surface area contributed by atoms with Gasteiger partial charge in [0, 0.05) is 24.7 Å². The Kier molecular flexibility index (Phi) is 5.12. The average Bonchev–Trinajstić information content (AvgIpc) is 2.75. The van der Waals surface area contributed by atoms with Crippen molar-refractivity contribution in [3.8, 4) is 11.3 Å². The molecule has 0 aliphatic carbocycles. The summed E-state index contributed by atoms with van der Waals surface area (Å²) in [5.41, 5.74) is 1.14. The minimum Gasteiger partial charge on any atom is -0.481 e. The Balaban J connectivity index is 1.53. The smallest absolute Gasteiger partial charge is 0.306 e. The lowest BCUT2D eigenvalue weighted by Crippen LogP contribution is -2.43. The summed E-state index contributed by atoms with van der Waals surface area (Å²) in [6, 6.07) is 17.0. The van der Waals surface area contributed by atoms with Crippen LogP contribution < -0.4 is 5.56 Å². The number of carboxylic acids is 1. The van der Waals surface area contributed by atoms with Gasteiger partial charge in [0.1, 0.15) is 6.54 Å². The second kappa shape index (κ2) is 7.87. The third-order valence-electron chi connectivity index (χ3n) is 5.39. The number of benzene rings is 2. The SMILES string of the molecule is O=C(O)C1CCN(C(=O)Cn2nc(-c3ccc4ccccc4c3)ccc2=O)CC1. The molecule has 1 aromatic heterocycles. The summed E-state index contributed by atoms with van der Waals surface area (Å²) in [4.78, 5) is 37.5. The minimum absolute atomic E-state index is 0.155. The first-order valence-corrected chi connectivity index (χ1v) is 9.59. The zero-order valence-corrected chi connectivity index (χ0v) is 15.8. The van der Waals surface area contributed by atoms with Gasteiger partial charge < -0.3 is 10.0 Å². The number of carbonyl (C=O) groups is 2. The summed E-state index contributed by atoms with van der Waals surface area (Å²) in [5, 5.41) is 15.7. The lowest BCUT2D eigenvalue weighted by atomic mass is 9.97. The fourth-order valence-corrected chi connectivity index (χ4v) is 3.67. The fraction of sp³-hybridized carbons (Fsp3) is 0.273. The van der Waals surface area contributed by atoms with Crippen LogP contribution in [0, 0.1) is 5.92 Å². The first-order chi connectivity index (χ1) is 14.0. The fourth-order valence-electron chi connectivity index (χ4n) is 3.67. The molecule has 3 aromatic rings. The number of carboxylic acid groups (broad SMARTS) is 1. The van der Waals surface area contributed by atoms with Gasteiger partial charge in [0.15, 0.2) is 0 Å². The molecule has 2 aromatic carbocycles. The van der Waals surface area contributed by atoms with Gasteiger partial charge in [-0.1, -0.05) is 36.4 Å². The summed E-state index contributed by atoms with van der Waals surface area (Å²) < 4.78 is 1.18. The molecule has 0 bridgehead atoms. The van der Waals surface area contributed by atoms with Crippen molar-refractivity contribution in [3.63, 3.8) is 0 Å². The summed E-state index contributed by atoms with van der Waals surface area (Å²) in [5.74, 6) is -1.45. The van der Waals surface area contributed by atoms with Crippen LogP contribution in [0.15, 0.2) is 59.4 Å². The van der Waals surface area contributed by atoms with Gasteiger partial charge in [-0.05, 0) is 35.7 Å². The molecule has 4 rings (SSSR count). The minimum atomic E-state index is -0.821. The molecule has 148 valence electrons. The van der Waals surface area contributed by atoms with Gasteiger partial charge >= 0.3 is 5.97 Å². The molecule has 0 atom stereocenters. The number of aliphatic carboxylic acids is 1. The third-order valence-corrected chi connectivity index (χ3v) is 5.39. The molecule has 7 heteroatoms. The van der Waals surface area contributed by atoms with E-state index in [2.05, 4.69) is 5.10 Å². The van der Waals surface area contributed by atoms with E-state index in [4.69, 9.17) is 5.11 Å². The van der Waals surface area contributed by atoms with Crippen molar-refractivity contribution in [2.24, 2.45) is 5.92 Å². The van der Waals surface area contributed by atoms with E-state index in [9.17, 15) is 14.4 Å². The zero-order valence-electron chi connectivity index (χ0n) is 15.8. The van der Waals surface area contributed by atoms with Crippen molar-refractivity contribution >= 4 is 22.6 Å². The van der Waals surface area contributed by atoms with Gasteiger partial charge in [-0.2, -0.15) is 5.10 Å². The molecular formula is C22H21N3O4. The number of carbonyl (C=O) groups excluding carboxylic acids is 1. The normalized spacial score (nSPS) is 14.8. The molecule has 7 nitrogen and oxygen atoms in total. The highest BCUT2D eigenvalue weighted by Crippen LogP contribution is 2.22. The molecule has 1 saturated heterocycles. The number of amides is 1. The first kappa shape index (κ1) is 18.9. The predicted molar refractivity (Wildman–Crippen MR) is 108 cm³/mol. The van der Waals surface area contributed by atoms with Crippen LogP contribution in [0.4, 0.5) is 0 Å². The Hall–Kier alpha value is -3.48. The van der Waals surface area contributed by atoms with E-state index in [0.717, 1.165) is 16.3 Å². The zero-order chi connectivity index (χ0) is 20.4. The van der Waals surface area contributed by atoms with Crippen LogP contribution in [0.1, 0.15) is 12.8 Å². The number of hydrogen-bond donors (Lipinski definition) is 1. The van der Waals surface area contributed by atoms with Crippen molar-refractivity contribution in [3.05, 3.63) is 65.0 Å². The van der Waals surface area contributed by atoms with Crippen LogP contribution >= 0.6 is 0 Å². The van der Waals surface area contributed by atoms with Crippen LogP contribution in [0.3, 0.4) is 0 Å². The molecule has 29 heavy (non-hydrogen) atoms. The molecule has 1 N–H and O–H groups in total. The lowest BCUT2D eigenvalue weighted by Gasteiger charge is -2.30. The van der Waals surface area contributed by atoms with Crippen LogP contribution in [0.25, 0.3) is 22.0 Å². The number of fused-ring (bicyclic) bond motifs is 1. The van der Waals surface area contributed by atoms with Gasteiger partial charge in [0.25, 0.3) is 5.56 Å². The van der Waals surface area contributed by atoms with E-state index < -0.39 is 11.9 Å². The Morgan fingerprint density at radius 3 is 2.45 bits per heavy atom. The van der Waals surface area contributed by atoms with Crippen LogP contribution in [-0.4, -0.2) is 44.8 Å². The second-order valence-corrected chi connectivity index (χ2v) is 7.27. The molecule has 2 heterocycles. The second-order valence-electron chi connectivity index (χ2n) is 7.27. The summed E-state index contributed by atoms with van der Waals surface area (Å²) >= 11 is 0. The standard InChI is InChI=1S/C22H21N3O4/c26-20-8-7-19(18-6-5-15-3-1-2-4-17(15)13-18)23-25(20)14-21(27)24-11-9-16(10-12-24)22(28)29/h1-8,13,16H,9-12,14H2,(H,28,29). The molecule has 1 aliphatic rings. The predicted octanol–water partition coefficient (Wildman–Crippen LogP) is 2.39. The van der Waals surface area contributed by atoms with Gasteiger partial charge in [-0.15, -0.1) is 0 Å². The maximum Gasteiger partial charge on any atom is 0.306 e. The van der Waals surface area contributed by atoms with E-state index in [-0.39, 0.29) is 18.0 Å². The highest BCUT2D eigenvalue weighted by atomic mass is 16.4. The van der Waals surface area contributed by atoms with E-state index in [0.29, 0.717) is 31.6 Å². The van der Waals surface area contributed by atoms with Gasteiger partial charge in [-0.25, -0.2) is 4.68 Å².